The predicted molar refractivity (Wildman–Crippen MR) is 107 cm³/mol. The fourth-order valence-corrected chi connectivity index (χ4v) is 3.34. The van der Waals surface area contributed by atoms with Gasteiger partial charge in [0.05, 0.1) is 31.1 Å². The number of ether oxygens (including phenoxy) is 3. The van der Waals surface area contributed by atoms with E-state index in [0.29, 0.717) is 27.6 Å². The van der Waals surface area contributed by atoms with Crippen molar-refractivity contribution in [1.29, 1.82) is 5.26 Å². The van der Waals surface area contributed by atoms with Crippen LogP contribution in [0.5, 0.6) is 11.5 Å². The SMILES string of the molecule is COc1cc2cc(C#N)c(SCC(=O)OCc3ccccc3)nc2cc1OC. The summed E-state index contributed by atoms with van der Waals surface area (Å²) in [4.78, 5) is 16.6. The summed E-state index contributed by atoms with van der Waals surface area (Å²) in [6, 6.07) is 16.8. The zero-order chi connectivity index (χ0) is 19.9. The van der Waals surface area contributed by atoms with Crippen LogP contribution < -0.4 is 9.47 Å². The predicted octanol–water partition coefficient (Wildman–Crippen LogP) is 3.96. The summed E-state index contributed by atoms with van der Waals surface area (Å²) >= 11 is 1.17. The average molecular weight is 394 g/mol. The molecule has 0 atom stereocenters. The molecule has 0 unspecified atom stereocenters. The van der Waals surface area contributed by atoms with E-state index in [4.69, 9.17) is 14.2 Å². The van der Waals surface area contributed by atoms with E-state index in [1.807, 2.05) is 30.3 Å². The molecule has 28 heavy (non-hydrogen) atoms. The summed E-state index contributed by atoms with van der Waals surface area (Å²) < 4.78 is 15.9. The molecule has 7 heteroatoms. The van der Waals surface area contributed by atoms with Crippen LogP contribution in [0.1, 0.15) is 11.1 Å². The number of hydrogen-bond acceptors (Lipinski definition) is 7. The number of esters is 1. The molecule has 1 heterocycles. The van der Waals surface area contributed by atoms with E-state index in [0.717, 1.165) is 10.9 Å². The first-order chi connectivity index (χ1) is 13.6. The largest absolute Gasteiger partial charge is 0.493 e. The van der Waals surface area contributed by atoms with Crippen molar-refractivity contribution in [2.75, 3.05) is 20.0 Å². The van der Waals surface area contributed by atoms with E-state index in [1.165, 1.54) is 11.8 Å². The highest BCUT2D eigenvalue weighted by Gasteiger charge is 2.14. The molecule has 0 N–H and O–H groups in total. The second kappa shape index (κ2) is 9.11. The summed E-state index contributed by atoms with van der Waals surface area (Å²) in [5.41, 5.74) is 1.96. The first-order valence-electron chi connectivity index (χ1n) is 8.44. The first-order valence-corrected chi connectivity index (χ1v) is 9.42. The molecule has 0 amide bonds. The lowest BCUT2D eigenvalue weighted by molar-refractivity contribution is -0.141. The van der Waals surface area contributed by atoms with Gasteiger partial charge >= 0.3 is 5.97 Å². The smallest absolute Gasteiger partial charge is 0.316 e. The molecular weight excluding hydrogens is 376 g/mol. The minimum absolute atomic E-state index is 0.0628. The molecule has 0 aliphatic heterocycles. The molecule has 1 aromatic heterocycles. The van der Waals surface area contributed by atoms with Crippen LogP contribution in [0.25, 0.3) is 10.9 Å². The topological polar surface area (TPSA) is 81.4 Å². The van der Waals surface area contributed by atoms with E-state index in [2.05, 4.69) is 11.1 Å². The van der Waals surface area contributed by atoms with Gasteiger partial charge in [0.15, 0.2) is 11.5 Å². The van der Waals surface area contributed by atoms with E-state index in [-0.39, 0.29) is 18.3 Å². The number of nitriles is 1. The van der Waals surface area contributed by atoms with Crippen LogP contribution in [0, 0.1) is 11.3 Å². The van der Waals surface area contributed by atoms with E-state index in [9.17, 15) is 10.1 Å². The Hall–Kier alpha value is -3.24. The lowest BCUT2D eigenvalue weighted by Crippen LogP contribution is -2.07. The number of rotatable bonds is 7. The van der Waals surface area contributed by atoms with Crippen molar-refractivity contribution in [2.24, 2.45) is 0 Å². The van der Waals surface area contributed by atoms with Crippen LogP contribution in [-0.2, 0) is 16.1 Å². The summed E-state index contributed by atoms with van der Waals surface area (Å²) in [7, 11) is 3.10. The van der Waals surface area contributed by atoms with Crippen molar-refractivity contribution >= 4 is 28.6 Å². The van der Waals surface area contributed by atoms with Crippen LogP contribution in [0.2, 0.25) is 0 Å². The van der Waals surface area contributed by atoms with Crippen molar-refractivity contribution in [1.82, 2.24) is 4.98 Å². The van der Waals surface area contributed by atoms with Gasteiger partial charge in [-0.25, -0.2) is 4.98 Å². The quantitative estimate of drug-likeness (QED) is 0.443. The summed E-state index contributed by atoms with van der Waals surface area (Å²) in [5.74, 6) is 0.802. The molecule has 0 spiro atoms. The number of benzene rings is 2. The molecule has 3 rings (SSSR count). The molecule has 3 aromatic rings. The van der Waals surface area contributed by atoms with Crippen molar-refractivity contribution in [3.8, 4) is 17.6 Å². The van der Waals surface area contributed by atoms with Crippen LogP contribution in [-0.4, -0.2) is 30.9 Å². The highest BCUT2D eigenvalue weighted by atomic mass is 32.2. The van der Waals surface area contributed by atoms with E-state index >= 15 is 0 Å². The first kappa shape index (κ1) is 19.5. The minimum atomic E-state index is -0.369. The Bertz CT molecular complexity index is 1030. The molecule has 6 nitrogen and oxygen atoms in total. The highest BCUT2D eigenvalue weighted by molar-refractivity contribution is 7.99. The molecular formula is C21H18N2O4S. The summed E-state index contributed by atoms with van der Waals surface area (Å²) in [6.07, 6.45) is 0. The number of aromatic nitrogens is 1. The van der Waals surface area contributed by atoms with Gasteiger partial charge in [0.25, 0.3) is 0 Å². The second-order valence-corrected chi connectivity index (χ2v) is 6.75. The van der Waals surface area contributed by atoms with E-state index < -0.39 is 0 Å². The Morgan fingerprint density at radius 3 is 2.50 bits per heavy atom. The van der Waals surface area contributed by atoms with Gasteiger partial charge in [-0.2, -0.15) is 5.26 Å². The van der Waals surface area contributed by atoms with Gasteiger partial charge in [0.2, 0.25) is 0 Å². The van der Waals surface area contributed by atoms with Gasteiger partial charge in [-0.05, 0) is 17.7 Å². The standard InChI is InChI=1S/C21H18N2O4S/c1-25-18-9-15-8-16(11-22)21(23-17(15)10-19(18)26-2)28-13-20(24)27-12-14-6-4-3-5-7-14/h3-10H,12-13H2,1-2H3. The molecule has 0 aliphatic carbocycles. The number of thioether (sulfide) groups is 1. The third-order valence-electron chi connectivity index (χ3n) is 3.97. The molecule has 0 radical (unpaired) electrons. The van der Waals surface area contributed by atoms with Gasteiger partial charge < -0.3 is 14.2 Å². The number of nitrogens with zero attached hydrogens (tertiary/aromatic N) is 2. The van der Waals surface area contributed by atoms with Crippen molar-refractivity contribution in [3.63, 3.8) is 0 Å². The lowest BCUT2D eigenvalue weighted by atomic mass is 10.1. The van der Waals surface area contributed by atoms with Gasteiger partial charge in [0.1, 0.15) is 17.7 Å². The fraction of sp³-hybridized carbons (Fsp3) is 0.190. The number of carbonyl (C=O) groups excluding carboxylic acids is 1. The zero-order valence-electron chi connectivity index (χ0n) is 15.5. The van der Waals surface area contributed by atoms with Crippen molar-refractivity contribution < 1.29 is 19.0 Å². The zero-order valence-corrected chi connectivity index (χ0v) is 16.3. The highest BCUT2D eigenvalue weighted by Crippen LogP contribution is 2.33. The van der Waals surface area contributed by atoms with Crippen LogP contribution in [0.4, 0.5) is 0 Å². The molecule has 0 fully saturated rings. The van der Waals surface area contributed by atoms with Crippen LogP contribution in [0.15, 0.2) is 53.6 Å². The van der Waals surface area contributed by atoms with Gasteiger partial charge in [-0.3, -0.25) is 4.79 Å². The molecule has 2 aromatic carbocycles. The molecule has 0 saturated carbocycles. The Morgan fingerprint density at radius 2 is 1.82 bits per heavy atom. The maximum Gasteiger partial charge on any atom is 0.316 e. The second-order valence-electron chi connectivity index (χ2n) is 5.79. The van der Waals surface area contributed by atoms with Crippen LogP contribution in [0.3, 0.4) is 0 Å². The minimum Gasteiger partial charge on any atom is -0.493 e. The third kappa shape index (κ3) is 4.53. The Kier molecular flexibility index (Phi) is 6.35. The maximum atomic E-state index is 12.0. The fourth-order valence-electron chi connectivity index (χ4n) is 2.58. The summed E-state index contributed by atoms with van der Waals surface area (Å²) in [6.45, 7) is 0.216. The Labute approximate surface area is 167 Å². The Balaban J connectivity index is 1.74. The average Bonchev–Trinajstić information content (AvgIpc) is 2.75. The van der Waals surface area contributed by atoms with Gasteiger partial charge in [-0.15, -0.1) is 0 Å². The van der Waals surface area contributed by atoms with E-state index in [1.54, 1.807) is 32.4 Å². The molecule has 0 aliphatic rings. The normalized spacial score (nSPS) is 10.3. The lowest BCUT2D eigenvalue weighted by Gasteiger charge is -2.10. The number of hydrogen-bond donors (Lipinski definition) is 0. The third-order valence-corrected chi connectivity index (χ3v) is 4.94. The number of pyridine rings is 1. The maximum absolute atomic E-state index is 12.0. The van der Waals surface area contributed by atoms with Crippen LogP contribution >= 0.6 is 11.8 Å². The molecule has 0 bridgehead atoms. The number of carbonyl (C=O) groups is 1. The van der Waals surface area contributed by atoms with Crippen molar-refractivity contribution in [2.45, 2.75) is 11.6 Å². The monoisotopic (exact) mass is 394 g/mol. The van der Waals surface area contributed by atoms with Gasteiger partial charge in [0, 0.05) is 11.5 Å². The van der Waals surface area contributed by atoms with Gasteiger partial charge in [-0.1, -0.05) is 42.1 Å². The summed E-state index contributed by atoms with van der Waals surface area (Å²) in [5, 5.41) is 10.7. The number of methoxy groups -OCH3 is 2. The molecule has 142 valence electrons. The number of fused-ring (bicyclic) bond motifs is 1. The van der Waals surface area contributed by atoms with Crippen molar-refractivity contribution in [3.05, 3.63) is 59.7 Å². The molecule has 0 saturated heterocycles. The Morgan fingerprint density at radius 1 is 1.11 bits per heavy atom.